The highest BCUT2D eigenvalue weighted by Gasteiger charge is 2.47. The minimum Gasteiger partial charge on any atom is -0.495 e. The molecular weight excluding hydrogens is 332 g/mol. The molecule has 1 fully saturated rings. The predicted octanol–water partition coefficient (Wildman–Crippen LogP) is 2.24. The number of carbonyl (C=O) groups is 3. The molecule has 3 amide bonds. The molecule has 0 spiro atoms. The molecule has 1 aliphatic heterocycles. The van der Waals surface area contributed by atoms with Gasteiger partial charge in [-0.15, -0.1) is 0 Å². The van der Waals surface area contributed by atoms with Crippen molar-refractivity contribution in [2.24, 2.45) is 11.8 Å². The van der Waals surface area contributed by atoms with Crippen molar-refractivity contribution in [1.82, 2.24) is 4.90 Å². The van der Waals surface area contributed by atoms with E-state index < -0.39 is 5.91 Å². The van der Waals surface area contributed by atoms with Gasteiger partial charge in [0.05, 0.1) is 24.6 Å². The van der Waals surface area contributed by atoms with Gasteiger partial charge in [-0.05, 0) is 31.0 Å². The lowest BCUT2D eigenvalue weighted by Gasteiger charge is -2.15. The normalized spacial score (nSPS) is 22.5. The zero-order chi connectivity index (χ0) is 17.3. The first-order chi connectivity index (χ1) is 11.5. The van der Waals surface area contributed by atoms with Crippen LogP contribution in [0.2, 0.25) is 5.02 Å². The van der Waals surface area contributed by atoms with Gasteiger partial charge in [0.1, 0.15) is 12.3 Å². The van der Waals surface area contributed by atoms with Crippen LogP contribution in [0.1, 0.15) is 12.8 Å². The number of likely N-dealkylation sites (tertiary alicyclic amines) is 1. The molecule has 0 radical (unpaired) electrons. The molecule has 1 aromatic carbocycles. The zero-order valence-corrected chi connectivity index (χ0v) is 13.9. The molecule has 1 aromatic rings. The van der Waals surface area contributed by atoms with Gasteiger partial charge in [-0.2, -0.15) is 0 Å². The third-order valence-electron chi connectivity index (χ3n) is 4.34. The number of imide groups is 1. The Labute approximate surface area is 144 Å². The fraction of sp³-hybridized carbons (Fsp3) is 0.353. The molecule has 1 N–H and O–H groups in total. The fourth-order valence-electron chi connectivity index (χ4n) is 3.14. The third kappa shape index (κ3) is 3.01. The summed E-state index contributed by atoms with van der Waals surface area (Å²) in [6.45, 7) is -0.305. The summed E-state index contributed by atoms with van der Waals surface area (Å²) in [5, 5.41) is 3.08. The molecule has 126 valence electrons. The lowest BCUT2D eigenvalue weighted by atomic mass is 9.85. The highest BCUT2D eigenvalue weighted by molar-refractivity contribution is 6.31. The van der Waals surface area contributed by atoms with Crippen LogP contribution in [0.3, 0.4) is 0 Å². The molecule has 0 bridgehead atoms. The average Bonchev–Trinajstić information content (AvgIpc) is 2.80. The van der Waals surface area contributed by atoms with Crippen molar-refractivity contribution in [3.05, 3.63) is 35.4 Å². The molecule has 6 nitrogen and oxygen atoms in total. The molecule has 1 aliphatic carbocycles. The van der Waals surface area contributed by atoms with Crippen LogP contribution in [-0.2, 0) is 14.4 Å². The fourth-order valence-corrected chi connectivity index (χ4v) is 3.31. The molecule has 3 rings (SSSR count). The second kappa shape index (κ2) is 6.65. The lowest BCUT2D eigenvalue weighted by Crippen LogP contribution is -2.38. The number of halogens is 1. The molecule has 24 heavy (non-hydrogen) atoms. The van der Waals surface area contributed by atoms with E-state index in [1.165, 1.54) is 7.11 Å². The van der Waals surface area contributed by atoms with Crippen LogP contribution in [0, 0.1) is 11.8 Å². The summed E-state index contributed by atoms with van der Waals surface area (Å²) in [4.78, 5) is 38.0. The van der Waals surface area contributed by atoms with Crippen molar-refractivity contribution in [1.29, 1.82) is 0 Å². The van der Waals surface area contributed by atoms with Crippen LogP contribution >= 0.6 is 11.6 Å². The predicted molar refractivity (Wildman–Crippen MR) is 88.7 cm³/mol. The molecular formula is C17H17ClN2O4. The van der Waals surface area contributed by atoms with Gasteiger partial charge in [-0.3, -0.25) is 19.3 Å². The second-order valence-electron chi connectivity index (χ2n) is 5.81. The number of amides is 3. The number of hydrogen-bond donors (Lipinski definition) is 1. The Morgan fingerprint density at radius 2 is 1.88 bits per heavy atom. The van der Waals surface area contributed by atoms with Crippen molar-refractivity contribution in [2.45, 2.75) is 12.8 Å². The lowest BCUT2D eigenvalue weighted by molar-refractivity contribution is -0.142. The van der Waals surface area contributed by atoms with Gasteiger partial charge >= 0.3 is 0 Å². The first-order valence-corrected chi connectivity index (χ1v) is 8.02. The Morgan fingerprint density at radius 3 is 2.46 bits per heavy atom. The van der Waals surface area contributed by atoms with Gasteiger partial charge < -0.3 is 10.1 Å². The van der Waals surface area contributed by atoms with Crippen LogP contribution in [0.5, 0.6) is 5.75 Å². The largest absolute Gasteiger partial charge is 0.495 e. The number of allylic oxidation sites excluding steroid dienone is 2. The summed E-state index contributed by atoms with van der Waals surface area (Å²) in [5.74, 6) is -1.24. The van der Waals surface area contributed by atoms with E-state index in [1.54, 1.807) is 18.2 Å². The summed E-state index contributed by atoms with van der Waals surface area (Å²) in [5.41, 5.74) is 0.396. The maximum Gasteiger partial charge on any atom is 0.244 e. The molecule has 2 aliphatic rings. The van der Waals surface area contributed by atoms with Crippen LogP contribution in [0.15, 0.2) is 30.4 Å². The summed E-state index contributed by atoms with van der Waals surface area (Å²) in [6, 6.07) is 4.82. The van der Waals surface area contributed by atoms with Crippen LogP contribution in [0.25, 0.3) is 0 Å². The van der Waals surface area contributed by atoms with Crippen molar-refractivity contribution in [3.8, 4) is 5.75 Å². The zero-order valence-electron chi connectivity index (χ0n) is 13.1. The second-order valence-corrected chi connectivity index (χ2v) is 6.25. The number of ether oxygens (including phenoxy) is 1. The Morgan fingerprint density at radius 1 is 1.25 bits per heavy atom. The third-order valence-corrected chi connectivity index (χ3v) is 4.57. The number of methoxy groups -OCH3 is 1. The van der Waals surface area contributed by atoms with E-state index in [-0.39, 0.29) is 30.2 Å². The van der Waals surface area contributed by atoms with E-state index in [2.05, 4.69) is 5.32 Å². The number of anilines is 1. The Hall–Kier alpha value is -2.34. The quantitative estimate of drug-likeness (QED) is 0.668. The van der Waals surface area contributed by atoms with Gasteiger partial charge in [0.2, 0.25) is 17.7 Å². The summed E-state index contributed by atoms with van der Waals surface area (Å²) >= 11 is 5.92. The Kier molecular flexibility index (Phi) is 4.57. The summed E-state index contributed by atoms with van der Waals surface area (Å²) in [7, 11) is 1.48. The van der Waals surface area contributed by atoms with Gasteiger partial charge in [0.15, 0.2) is 0 Å². The molecule has 0 saturated carbocycles. The average molecular weight is 349 g/mol. The maximum absolute atomic E-state index is 12.4. The van der Waals surface area contributed by atoms with E-state index in [9.17, 15) is 14.4 Å². The van der Waals surface area contributed by atoms with Crippen molar-refractivity contribution >= 4 is 35.0 Å². The number of hydrogen-bond acceptors (Lipinski definition) is 4. The minimum absolute atomic E-state index is 0.275. The van der Waals surface area contributed by atoms with E-state index >= 15 is 0 Å². The standard InChI is InChI=1S/C17H17ClN2O4/c1-24-14-7-6-10(18)8-13(14)19-15(21)9-20-16(22)11-4-2-3-5-12(11)17(20)23/h2-3,6-8,11-12H,4-5,9H2,1H3,(H,19,21)/t11-,12-/m0/s1. The number of fused-ring (bicyclic) bond motifs is 1. The summed E-state index contributed by atoms with van der Waals surface area (Å²) in [6.07, 6.45) is 4.92. The minimum atomic E-state index is -0.469. The van der Waals surface area contributed by atoms with Crippen LogP contribution in [-0.4, -0.2) is 36.3 Å². The Bertz CT molecular complexity index is 705. The van der Waals surface area contributed by atoms with E-state index in [1.807, 2.05) is 12.2 Å². The van der Waals surface area contributed by atoms with E-state index in [0.717, 1.165) is 4.90 Å². The molecule has 1 saturated heterocycles. The van der Waals surface area contributed by atoms with Gasteiger partial charge in [0.25, 0.3) is 0 Å². The van der Waals surface area contributed by atoms with Gasteiger partial charge in [0, 0.05) is 5.02 Å². The molecule has 2 atom stereocenters. The first kappa shape index (κ1) is 16.5. The number of benzene rings is 1. The number of nitrogens with one attached hydrogen (secondary N) is 1. The number of rotatable bonds is 4. The number of carbonyl (C=O) groups excluding carboxylic acids is 3. The van der Waals surface area contributed by atoms with Crippen LogP contribution < -0.4 is 10.1 Å². The smallest absolute Gasteiger partial charge is 0.244 e. The van der Waals surface area contributed by atoms with E-state index in [4.69, 9.17) is 16.3 Å². The molecule has 0 unspecified atom stereocenters. The summed E-state index contributed by atoms with van der Waals surface area (Å²) < 4.78 is 5.16. The topological polar surface area (TPSA) is 75.7 Å². The van der Waals surface area contributed by atoms with Gasteiger partial charge in [-0.25, -0.2) is 0 Å². The molecule has 7 heteroatoms. The highest BCUT2D eigenvalue weighted by atomic mass is 35.5. The maximum atomic E-state index is 12.4. The molecule has 1 heterocycles. The van der Waals surface area contributed by atoms with Crippen molar-refractivity contribution in [3.63, 3.8) is 0 Å². The highest BCUT2D eigenvalue weighted by Crippen LogP contribution is 2.35. The van der Waals surface area contributed by atoms with Gasteiger partial charge in [-0.1, -0.05) is 23.8 Å². The molecule has 0 aromatic heterocycles. The SMILES string of the molecule is COc1ccc(Cl)cc1NC(=O)CN1C(=O)[C@H]2CC=CC[C@@H]2C1=O. The number of nitrogens with zero attached hydrogens (tertiary/aromatic N) is 1. The monoisotopic (exact) mass is 348 g/mol. The van der Waals surface area contributed by atoms with Crippen molar-refractivity contribution in [2.75, 3.05) is 19.0 Å². The van der Waals surface area contributed by atoms with Crippen LogP contribution in [0.4, 0.5) is 5.69 Å². The first-order valence-electron chi connectivity index (χ1n) is 7.65. The Balaban J connectivity index is 1.71. The van der Waals surface area contributed by atoms with E-state index in [0.29, 0.717) is 29.3 Å². The van der Waals surface area contributed by atoms with Crippen molar-refractivity contribution < 1.29 is 19.1 Å².